The average molecular weight is 554 g/mol. The fourth-order valence-electron chi connectivity index (χ4n) is 2.80. The Bertz CT molecular complexity index is 1190. The van der Waals surface area contributed by atoms with Gasteiger partial charge in [-0.1, -0.05) is 61.0 Å². The average Bonchev–Trinajstić information content (AvgIpc) is 2.66. The molecule has 2 aromatic carbocycles. The van der Waals surface area contributed by atoms with Crippen LogP contribution in [0.15, 0.2) is 61.8 Å². The number of hydrogen-bond donors (Lipinski definition) is 0. The standard InChI is InChI=1S/C22H20Br2ClN3O2/c1-5-8-30-19-16(24)9-13(10-17(19)25)12-26-28-20(29)15-11-14(23)6-7-18(15)27-21(28)22(2,3)4/h5-7,9-12H,1,8H2,2-4H3. The molecule has 0 saturated heterocycles. The molecule has 8 heteroatoms. The second-order valence-electron chi connectivity index (χ2n) is 7.62. The molecular formula is C22H20Br2ClN3O2. The molecule has 0 fully saturated rings. The van der Waals surface area contributed by atoms with Crippen molar-refractivity contribution in [3.05, 3.63) is 78.7 Å². The molecule has 0 bridgehead atoms. The fourth-order valence-corrected chi connectivity index (χ4v) is 4.15. The van der Waals surface area contributed by atoms with Crippen LogP contribution in [0.5, 0.6) is 5.75 Å². The van der Waals surface area contributed by atoms with Gasteiger partial charge in [0.15, 0.2) is 5.75 Å². The van der Waals surface area contributed by atoms with Crippen LogP contribution in [-0.4, -0.2) is 22.5 Å². The topological polar surface area (TPSA) is 56.5 Å². The smallest absolute Gasteiger partial charge is 0.282 e. The van der Waals surface area contributed by atoms with Gasteiger partial charge in [0, 0.05) is 9.89 Å². The van der Waals surface area contributed by atoms with Crippen molar-refractivity contribution < 1.29 is 4.74 Å². The van der Waals surface area contributed by atoms with E-state index in [-0.39, 0.29) is 5.56 Å². The Morgan fingerprint density at radius 2 is 2.00 bits per heavy atom. The number of benzene rings is 2. The number of ether oxygens (including phenoxy) is 1. The van der Waals surface area contributed by atoms with E-state index in [2.05, 4.69) is 43.5 Å². The Kier molecular flexibility index (Phi) is 6.84. The van der Waals surface area contributed by atoms with E-state index in [4.69, 9.17) is 21.3 Å². The molecule has 1 aromatic heterocycles. The Morgan fingerprint density at radius 3 is 2.63 bits per heavy atom. The fraction of sp³-hybridized carbons (Fsp3) is 0.227. The van der Waals surface area contributed by atoms with E-state index in [0.29, 0.717) is 44.1 Å². The van der Waals surface area contributed by atoms with Gasteiger partial charge in [-0.15, -0.1) is 0 Å². The van der Waals surface area contributed by atoms with Crippen LogP contribution in [0.25, 0.3) is 10.9 Å². The molecule has 0 N–H and O–H groups in total. The third kappa shape index (κ3) is 4.85. The highest BCUT2D eigenvalue weighted by Gasteiger charge is 2.23. The SMILES string of the molecule is C=CCOc1c(Cl)cc(C=Nn2c(C(C)(C)C)nc3ccc(Br)cc3c2=O)cc1Br. The van der Waals surface area contributed by atoms with Gasteiger partial charge in [-0.2, -0.15) is 9.78 Å². The monoisotopic (exact) mass is 551 g/mol. The molecular weight excluding hydrogens is 534 g/mol. The number of hydrogen-bond acceptors (Lipinski definition) is 4. The number of nitrogens with zero attached hydrogens (tertiary/aromatic N) is 3. The molecule has 0 aliphatic carbocycles. The van der Waals surface area contributed by atoms with Gasteiger partial charge in [-0.3, -0.25) is 4.79 Å². The van der Waals surface area contributed by atoms with Crippen LogP contribution < -0.4 is 10.3 Å². The van der Waals surface area contributed by atoms with E-state index in [1.54, 1.807) is 24.4 Å². The van der Waals surface area contributed by atoms with Crippen molar-refractivity contribution in [1.29, 1.82) is 0 Å². The highest BCUT2D eigenvalue weighted by atomic mass is 79.9. The van der Waals surface area contributed by atoms with Crippen molar-refractivity contribution in [2.24, 2.45) is 5.10 Å². The van der Waals surface area contributed by atoms with Gasteiger partial charge >= 0.3 is 0 Å². The van der Waals surface area contributed by atoms with Gasteiger partial charge in [-0.05, 0) is 51.8 Å². The van der Waals surface area contributed by atoms with Gasteiger partial charge in [0.05, 0.1) is 26.6 Å². The van der Waals surface area contributed by atoms with Crippen LogP contribution >= 0.6 is 43.5 Å². The summed E-state index contributed by atoms with van der Waals surface area (Å²) in [5.41, 5.74) is 0.713. The summed E-state index contributed by atoms with van der Waals surface area (Å²) in [4.78, 5) is 17.9. The first-order valence-electron chi connectivity index (χ1n) is 9.11. The minimum Gasteiger partial charge on any atom is -0.487 e. The van der Waals surface area contributed by atoms with Crippen molar-refractivity contribution in [3.63, 3.8) is 0 Å². The number of rotatable bonds is 5. The number of halogens is 3. The molecule has 5 nitrogen and oxygen atoms in total. The van der Waals surface area contributed by atoms with Crippen LogP contribution in [0.2, 0.25) is 5.02 Å². The second kappa shape index (κ2) is 9.04. The maximum absolute atomic E-state index is 13.2. The van der Waals surface area contributed by atoms with Crippen LogP contribution in [0.3, 0.4) is 0 Å². The lowest BCUT2D eigenvalue weighted by atomic mass is 9.95. The summed E-state index contributed by atoms with van der Waals surface area (Å²) in [5, 5.41) is 5.38. The third-order valence-corrected chi connectivity index (χ3v) is 5.53. The molecule has 0 aliphatic rings. The number of fused-ring (bicyclic) bond motifs is 1. The highest BCUT2D eigenvalue weighted by molar-refractivity contribution is 9.10. The van der Waals surface area contributed by atoms with E-state index in [1.807, 2.05) is 39.0 Å². The van der Waals surface area contributed by atoms with Gasteiger partial charge in [0.1, 0.15) is 12.4 Å². The minimum atomic E-state index is -0.390. The zero-order chi connectivity index (χ0) is 22.1. The quantitative estimate of drug-likeness (QED) is 0.275. The lowest BCUT2D eigenvalue weighted by Gasteiger charge is -2.20. The molecule has 3 rings (SSSR count). The summed E-state index contributed by atoms with van der Waals surface area (Å²) < 4.78 is 8.40. The molecule has 0 spiro atoms. The first-order chi connectivity index (χ1) is 14.1. The Hall–Kier alpha value is -1.96. The van der Waals surface area contributed by atoms with Crippen molar-refractivity contribution >= 4 is 60.6 Å². The summed E-state index contributed by atoms with van der Waals surface area (Å²) in [5.74, 6) is 1.09. The zero-order valence-corrected chi connectivity index (χ0v) is 20.7. The zero-order valence-electron chi connectivity index (χ0n) is 16.7. The van der Waals surface area contributed by atoms with Crippen LogP contribution in [-0.2, 0) is 5.41 Å². The second-order valence-corrected chi connectivity index (χ2v) is 9.80. The van der Waals surface area contributed by atoms with E-state index >= 15 is 0 Å². The van der Waals surface area contributed by atoms with Gasteiger partial charge in [-0.25, -0.2) is 4.98 Å². The molecule has 0 atom stereocenters. The summed E-state index contributed by atoms with van der Waals surface area (Å²) in [6.07, 6.45) is 3.22. The Labute approximate surface area is 196 Å². The van der Waals surface area contributed by atoms with E-state index in [1.165, 1.54) is 4.68 Å². The van der Waals surface area contributed by atoms with Crippen LogP contribution in [0.1, 0.15) is 32.2 Å². The van der Waals surface area contributed by atoms with E-state index in [9.17, 15) is 4.79 Å². The predicted octanol–water partition coefficient (Wildman–Crippen LogP) is 6.32. The van der Waals surface area contributed by atoms with E-state index < -0.39 is 5.41 Å². The molecule has 3 aromatic rings. The molecule has 0 saturated carbocycles. The van der Waals surface area contributed by atoms with Crippen molar-refractivity contribution in [2.45, 2.75) is 26.2 Å². The third-order valence-electron chi connectivity index (χ3n) is 4.17. The molecule has 0 unspecified atom stereocenters. The lowest BCUT2D eigenvalue weighted by Crippen LogP contribution is -2.29. The van der Waals surface area contributed by atoms with Gasteiger partial charge in [0.25, 0.3) is 5.56 Å². The van der Waals surface area contributed by atoms with E-state index in [0.717, 1.165) is 4.47 Å². The highest BCUT2D eigenvalue weighted by Crippen LogP contribution is 2.34. The van der Waals surface area contributed by atoms with Crippen molar-refractivity contribution in [2.75, 3.05) is 6.61 Å². The molecule has 156 valence electrons. The molecule has 0 aliphatic heterocycles. The molecule has 0 radical (unpaired) electrons. The van der Waals surface area contributed by atoms with Gasteiger partial charge in [0.2, 0.25) is 0 Å². The molecule has 30 heavy (non-hydrogen) atoms. The maximum atomic E-state index is 13.2. The summed E-state index contributed by atoms with van der Waals surface area (Å²) >= 11 is 13.2. The molecule has 0 amide bonds. The summed E-state index contributed by atoms with van der Waals surface area (Å²) in [7, 11) is 0. The lowest BCUT2D eigenvalue weighted by molar-refractivity contribution is 0.361. The van der Waals surface area contributed by atoms with Crippen LogP contribution in [0.4, 0.5) is 0 Å². The molecule has 1 heterocycles. The first kappa shape index (κ1) is 22.7. The van der Waals surface area contributed by atoms with Crippen molar-refractivity contribution in [3.8, 4) is 5.75 Å². The first-order valence-corrected chi connectivity index (χ1v) is 11.1. The summed E-state index contributed by atoms with van der Waals surface area (Å²) in [6.45, 7) is 9.95. The minimum absolute atomic E-state index is 0.237. The van der Waals surface area contributed by atoms with Crippen LogP contribution in [0, 0.1) is 0 Å². The summed E-state index contributed by atoms with van der Waals surface area (Å²) in [6, 6.07) is 8.98. The Morgan fingerprint density at radius 1 is 1.27 bits per heavy atom. The Balaban J connectivity index is 2.13. The normalized spacial score (nSPS) is 11.9. The van der Waals surface area contributed by atoms with Crippen molar-refractivity contribution in [1.82, 2.24) is 9.66 Å². The van der Waals surface area contributed by atoms with Gasteiger partial charge < -0.3 is 4.74 Å². The maximum Gasteiger partial charge on any atom is 0.282 e. The predicted molar refractivity (Wildman–Crippen MR) is 130 cm³/mol. The largest absolute Gasteiger partial charge is 0.487 e. The number of aromatic nitrogens is 2.